The first-order valence-corrected chi connectivity index (χ1v) is 10.3. The quantitative estimate of drug-likeness (QED) is 0.477. The van der Waals surface area contributed by atoms with E-state index in [1.54, 1.807) is 24.3 Å². The minimum atomic E-state index is -0.356. The lowest BCUT2D eigenvalue weighted by molar-refractivity contribution is -0.137. The predicted octanol–water partition coefficient (Wildman–Crippen LogP) is 3.57. The van der Waals surface area contributed by atoms with Crippen LogP contribution >= 0.6 is 0 Å². The fourth-order valence-corrected chi connectivity index (χ4v) is 3.40. The number of anilines is 2. The molecule has 7 nitrogen and oxygen atoms in total. The van der Waals surface area contributed by atoms with Crippen molar-refractivity contribution in [1.82, 2.24) is 4.90 Å². The van der Waals surface area contributed by atoms with Crippen LogP contribution in [0.5, 0.6) is 0 Å². The van der Waals surface area contributed by atoms with E-state index < -0.39 is 0 Å². The van der Waals surface area contributed by atoms with Gasteiger partial charge in [-0.3, -0.25) is 19.3 Å². The summed E-state index contributed by atoms with van der Waals surface area (Å²) in [5, 5.41) is 5.89. The second-order valence-corrected chi connectivity index (χ2v) is 7.26. The van der Waals surface area contributed by atoms with E-state index in [0.717, 1.165) is 11.3 Å². The Labute approximate surface area is 182 Å². The summed E-state index contributed by atoms with van der Waals surface area (Å²) in [5.74, 6) is -0.878. The number of aryl methyl sites for hydroxylation is 1. The van der Waals surface area contributed by atoms with Gasteiger partial charge in [-0.05, 0) is 49.6 Å². The maximum Gasteiger partial charge on any atom is 0.278 e. The number of hydrogen-bond acceptors (Lipinski definition) is 5. The van der Waals surface area contributed by atoms with Crippen molar-refractivity contribution in [1.29, 1.82) is 0 Å². The molecule has 1 aliphatic heterocycles. The van der Waals surface area contributed by atoms with E-state index in [2.05, 4.69) is 10.6 Å². The average Bonchev–Trinajstić information content (AvgIpc) is 2.97. The zero-order chi connectivity index (χ0) is 22.4. The van der Waals surface area contributed by atoms with E-state index >= 15 is 0 Å². The second kappa shape index (κ2) is 10.0. The number of ether oxygens (including phenoxy) is 1. The monoisotopic (exact) mass is 421 g/mol. The number of imide groups is 1. The van der Waals surface area contributed by atoms with Crippen molar-refractivity contribution in [2.24, 2.45) is 0 Å². The van der Waals surface area contributed by atoms with Crippen LogP contribution in [0.3, 0.4) is 0 Å². The number of rotatable bonds is 9. The molecule has 0 saturated carbocycles. The molecule has 3 amide bonds. The number of hydrogen-bond donors (Lipinski definition) is 2. The van der Waals surface area contributed by atoms with Crippen LogP contribution < -0.4 is 10.6 Å². The Hall–Kier alpha value is -3.45. The molecule has 0 radical (unpaired) electrons. The van der Waals surface area contributed by atoms with Crippen LogP contribution in [0.25, 0.3) is 5.57 Å². The number of amides is 3. The highest BCUT2D eigenvalue weighted by Gasteiger charge is 2.39. The summed E-state index contributed by atoms with van der Waals surface area (Å²) in [6, 6.07) is 14.5. The smallest absolute Gasteiger partial charge is 0.278 e. The van der Waals surface area contributed by atoms with Crippen LogP contribution in [0.15, 0.2) is 54.2 Å². The first-order valence-electron chi connectivity index (χ1n) is 10.3. The van der Waals surface area contributed by atoms with Gasteiger partial charge in [0.05, 0.1) is 5.57 Å². The molecule has 31 heavy (non-hydrogen) atoms. The van der Waals surface area contributed by atoms with Gasteiger partial charge in [0.1, 0.15) is 5.70 Å². The van der Waals surface area contributed by atoms with E-state index in [0.29, 0.717) is 36.5 Å². The van der Waals surface area contributed by atoms with Crippen molar-refractivity contribution in [2.45, 2.75) is 27.2 Å². The van der Waals surface area contributed by atoms with E-state index in [-0.39, 0.29) is 30.0 Å². The van der Waals surface area contributed by atoms with Crippen molar-refractivity contribution in [2.75, 3.05) is 30.4 Å². The van der Waals surface area contributed by atoms with Gasteiger partial charge in [-0.2, -0.15) is 0 Å². The molecule has 0 spiro atoms. The lowest BCUT2D eigenvalue weighted by atomic mass is 10.0. The molecule has 0 aromatic heterocycles. The number of nitrogens with zero attached hydrogens (tertiary/aromatic N) is 1. The molecule has 7 heteroatoms. The number of carbonyl (C=O) groups is 3. The number of benzene rings is 2. The molecule has 0 fully saturated rings. The molecule has 0 bridgehead atoms. The Kier molecular flexibility index (Phi) is 7.20. The van der Waals surface area contributed by atoms with Gasteiger partial charge in [0, 0.05) is 38.1 Å². The van der Waals surface area contributed by atoms with Gasteiger partial charge >= 0.3 is 0 Å². The fourth-order valence-electron chi connectivity index (χ4n) is 3.40. The van der Waals surface area contributed by atoms with Crippen molar-refractivity contribution in [3.05, 3.63) is 65.4 Å². The standard InChI is InChI=1S/C24H27N3O4/c1-4-31-15-7-14-27-23(29)21(18-10-12-19(13-11-18)25-17(3)28)22(24(27)30)26-20-9-6-5-8-16(20)2/h5-6,8-13,26H,4,7,14-15H2,1-3H3,(H,25,28). The number of para-hydroxylation sites is 1. The van der Waals surface area contributed by atoms with E-state index in [9.17, 15) is 14.4 Å². The van der Waals surface area contributed by atoms with Crippen molar-refractivity contribution in [3.63, 3.8) is 0 Å². The zero-order valence-corrected chi connectivity index (χ0v) is 18.0. The van der Waals surface area contributed by atoms with Gasteiger partial charge < -0.3 is 15.4 Å². The van der Waals surface area contributed by atoms with Crippen molar-refractivity contribution >= 4 is 34.7 Å². The third kappa shape index (κ3) is 5.19. The SMILES string of the molecule is CCOCCCN1C(=O)C(Nc2ccccc2C)=C(c2ccc(NC(C)=O)cc2)C1=O. The van der Waals surface area contributed by atoms with Crippen LogP contribution in [0.2, 0.25) is 0 Å². The third-order valence-electron chi connectivity index (χ3n) is 4.94. The van der Waals surface area contributed by atoms with E-state index in [1.807, 2.05) is 38.1 Å². The molecule has 2 aromatic carbocycles. The highest BCUT2D eigenvalue weighted by molar-refractivity contribution is 6.36. The van der Waals surface area contributed by atoms with Gasteiger partial charge in [0.25, 0.3) is 11.8 Å². The summed E-state index contributed by atoms with van der Waals surface area (Å²) in [5.41, 5.74) is 3.53. The van der Waals surface area contributed by atoms with Gasteiger partial charge in [0.2, 0.25) is 5.91 Å². The molecular weight excluding hydrogens is 394 g/mol. The van der Waals surface area contributed by atoms with E-state index in [4.69, 9.17) is 4.74 Å². The Balaban J connectivity index is 1.94. The molecule has 1 heterocycles. The van der Waals surface area contributed by atoms with Crippen LogP contribution in [0, 0.1) is 6.92 Å². The van der Waals surface area contributed by atoms with Gasteiger partial charge in [0.15, 0.2) is 0 Å². The minimum Gasteiger partial charge on any atom is -0.382 e. The Morgan fingerprint density at radius 1 is 1.03 bits per heavy atom. The molecule has 2 N–H and O–H groups in total. The summed E-state index contributed by atoms with van der Waals surface area (Å²) >= 11 is 0. The third-order valence-corrected chi connectivity index (χ3v) is 4.94. The predicted molar refractivity (Wildman–Crippen MR) is 120 cm³/mol. The number of nitrogens with one attached hydrogen (secondary N) is 2. The van der Waals surface area contributed by atoms with Crippen LogP contribution in [0.1, 0.15) is 31.4 Å². The van der Waals surface area contributed by atoms with Gasteiger partial charge in [-0.15, -0.1) is 0 Å². The second-order valence-electron chi connectivity index (χ2n) is 7.26. The summed E-state index contributed by atoms with van der Waals surface area (Å²) in [4.78, 5) is 38.9. The average molecular weight is 421 g/mol. The minimum absolute atomic E-state index is 0.179. The fraction of sp³-hybridized carbons (Fsp3) is 0.292. The Bertz CT molecular complexity index is 1010. The Morgan fingerprint density at radius 3 is 2.39 bits per heavy atom. The molecule has 0 unspecified atom stereocenters. The summed E-state index contributed by atoms with van der Waals surface area (Å²) in [7, 11) is 0. The molecule has 162 valence electrons. The van der Waals surface area contributed by atoms with Crippen LogP contribution in [-0.2, 0) is 19.1 Å². The molecule has 3 rings (SSSR count). The maximum atomic E-state index is 13.2. The Morgan fingerprint density at radius 2 is 1.74 bits per heavy atom. The highest BCUT2D eigenvalue weighted by Crippen LogP contribution is 2.32. The summed E-state index contributed by atoms with van der Waals surface area (Å²) in [6.45, 7) is 6.62. The number of carbonyl (C=O) groups excluding carboxylic acids is 3. The lowest BCUT2D eigenvalue weighted by Gasteiger charge is -2.15. The van der Waals surface area contributed by atoms with Gasteiger partial charge in [-0.25, -0.2) is 0 Å². The summed E-state index contributed by atoms with van der Waals surface area (Å²) in [6.07, 6.45) is 0.567. The first-order chi connectivity index (χ1) is 14.9. The maximum absolute atomic E-state index is 13.2. The molecule has 0 saturated heterocycles. The normalized spacial score (nSPS) is 13.7. The molecule has 0 aliphatic carbocycles. The van der Waals surface area contributed by atoms with E-state index in [1.165, 1.54) is 11.8 Å². The van der Waals surface area contributed by atoms with Crippen LogP contribution in [0.4, 0.5) is 11.4 Å². The molecule has 0 atom stereocenters. The molecule has 1 aliphatic rings. The van der Waals surface area contributed by atoms with Gasteiger partial charge in [-0.1, -0.05) is 30.3 Å². The first kappa shape index (κ1) is 22.2. The topological polar surface area (TPSA) is 87.7 Å². The van der Waals surface area contributed by atoms with Crippen molar-refractivity contribution in [3.8, 4) is 0 Å². The zero-order valence-electron chi connectivity index (χ0n) is 18.0. The molecule has 2 aromatic rings. The largest absolute Gasteiger partial charge is 0.382 e. The molecular formula is C24H27N3O4. The summed E-state index contributed by atoms with van der Waals surface area (Å²) < 4.78 is 5.35. The highest BCUT2D eigenvalue weighted by atomic mass is 16.5. The van der Waals surface area contributed by atoms with Crippen LogP contribution in [-0.4, -0.2) is 42.4 Å². The van der Waals surface area contributed by atoms with Crippen molar-refractivity contribution < 1.29 is 19.1 Å². The lowest BCUT2D eigenvalue weighted by Crippen LogP contribution is -2.34.